The van der Waals surface area contributed by atoms with Crippen LogP contribution in [0.5, 0.6) is 0 Å². The van der Waals surface area contributed by atoms with Gasteiger partial charge in [0.15, 0.2) is 0 Å². The summed E-state index contributed by atoms with van der Waals surface area (Å²) in [5, 5.41) is 0. The van der Waals surface area contributed by atoms with Crippen molar-refractivity contribution < 1.29 is 13.2 Å². The van der Waals surface area contributed by atoms with Crippen molar-refractivity contribution in [3.8, 4) is 0 Å². The first kappa shape index (κ1) is 23.1. The lowest BCUT2D eigenvalue weighted by atomic mass is 9.92. The van der Waals surface area contributed by atoms with E-state index in [9.17, 15) is 13.2 Å². The number of carbonyl (C=O) groups is 1. The zero-order chi connectivity index (χ0) is 19.4. The Morgan fingerprint density at radius 1 is 1.14 bits per heavy atom. The third-order valence-corrected chi connectivity index (χ3v) is 7.69. The van der Waals surface area contributed by atoms with Crippen molar-refractivity contribution in [2.45, 2.75) is 56.4 Å². The van der Waals surface area contributed by atoms with Crippen molar-refractivity contribution in [2.24, 2.45) is 11.7 Å². The van der Waals surface area contributed by atoms with Crippen LogP contribution >= 0.6 is 12.4 Å². The molecule has 6 nitrogen and oxygen atoms in total. The van der Waals surface area contributed by atoms with Crippen molar-refractivity contribution in [2.75, 3.05) is 26.2 Å². The summed E-state index contributed by atoms with van der Waals surface area (Å²) in [7, 11) is -3.56. The van der Waals surface area contributed by atoms with Gasteiger partial charge in [-0.3, -0.25) is 4.79 Å². The van der Waals surface area contributed by atoms with Crippen LogP contribution in [0.15, 0.2) is 29.2 Å². The van der Waals surface area contributed by atoms with E-state index in [1.54, 1.807) is 22.5 Å². The quantitative estimate of drug-likeness (QED) is 0.797. The highest BCUT2D eigenvalue weighted by Gasteiger charge is 2.31. The Kier molecular flexibility index (Phi) is 8.30. The Bertz CT molecular complexity index is 764. The molecule has 2 unspecified atom stereocenters. The van der Waals surface area contributed by atoms with Crippen LogP contribution in [0.4, 0.5) is 0 Å². The van der Waals surface area contributed by atoms with Crippen LogP contribution in [0.25, 0.3) is 0 Å². The molecule has 0 radical (unpaired) electrons. The molecule has 1 aromatic carbocycles. The van der Waals surface area contributed by atoms with Gasteiger partial charge in [0.2, 0.25) is 10.0 Å². The molecule has 0 aromatic heterocycles. The van der Waals surface area contributed by atoms with E-state index in [1.807, 2.05) is 4.90 Å². The first-order valence-corrected chi connectivity index (χ1v) is 11.5. The number of hydrogen-bond acceptors (Lipinski definition) is 4. The van der Waals surface area contributed by atoms with E-state index in [0.717, 1.165) is 38.5 Å². The van der Waals surface area contributed by atoms with Crippen LogP contribution in [0.1, 0.15) is 55.8 Å². The first-order chi connectivity index (χ1) is 12.9. The van der Waals surface area contributed by atoms with Gasteiger partial charge in [-0.2, -0.15) is 4.31 Å². The van der Waals surface area contributed by atoms with E-state index < -0.39 is 10.0 Å². The molecule has 2 atom stereocenters. The number of rotatable bonds is 4. The molecule has 2 fully saturated rings. The lowest BCUT2D eigenvalue weighted by molar-refractivity contribution is 0.0573. The molecule has 28 heavy (non-hydrogen) atoms. The summed E-state index contributed by atoms with van der Waals surface area (Å²) < 4.78 is 27.6. The molecule has 0 bridgehead atoms. The fraction of sp³-hybridized carbons (Fsp3) is 0.650. The fourth-order valence-corrected chi connectivity index (χ4v) is 5.69. The number of likely N-dealkylation sites (tertiary alicyclic amines) is 1. The number of amides is 1. The molecule has 2 aliphatic rings. The minimum absolute atomic E-state index is 0. The topological polar surface area (TPSA) is 83.7 Å². The summed E-state index contributed by atoms with van der Waals surface area (Å²) in [6.45, 7) is 4.39. The molecule has 2 N–H and O–H groups in total. The molecule has 8 heteroatoms. The van der Waals surface area contributed by atoms with Gasteiger partial charge < -0.3 is 10.6 Å². The zero-order valence-electron chi connectivity index (χ0n) is 16.5. The molecule has 2 saturated heterocycles. The maximum atomic E-state index is 13.0. The molecule has 1 amide bonds. The Labute approximate surface area is 174 Å². The average molecular weight is 430 g/mol. The van der Waals surface area contributed by atoms with E-state index in [4.69, 9.17) is 5.73 Å². The second kappa shape index (κ2) is 10.1. The van der Waals surface area contributed by atoms with Crippen LogP contribution < -0.4 is 5.73 Å². The summed E-state index contributed by atoms with van der Waals surface area (Å²) >= 11 is 0. The summed E-state index contributed by atoms with van der Waals surface area (Å²) in [6, 6.07) is 6.52. The van der Waals surface area contributed by atoms with Crippen molar-refractivity contribution in [1.29, 1.82) is 0 Å². The number of nitrogens with two attached hydrogens (primary N) is 1. The highest BCUT2D eigenvalue weighted by Crippen LogP contribution is 2.25. The predicted octanol–water partition coefficient (Wildman–Crippen LogP) is 2.87. The highest BCUT2D eigenvalue weighted by atomic mass is 35.5. The van der Waals surface area contributed by atoms with E-state index in [1.165, 1.54) is 6.07 Å². The van der Waals surface area contributed by atoms with Crippen LogP contribution in [-0.4, -0.2) is 55.8 Å². The SMILES string of the molecule is CC1CCN(C(=O)c2cccc(S(=O)(=O)N3CCCCCC3)c2)C(CN)C1.Cl. The van der Waals surface area contributed by atoms with Crippen LogP contribution in [0.3, 0.4) is 0 Å². The smallest absolute Gasteiger partial charge is 0.254 e. The summed E-state index contributed by atoms with van der Waals surface area (Å²) in [4.78, 5) is 15.1. The second-order valence-corrected chi connectivity index (χ2v) is 9.80. The number of nitrogens with zero attached hydrogens (tertiary/aromatic N) is 2. The highest BCUT2D eigenvalue weighted by molar-refractivity contribution is 7.89. The van der Waals surface area contributed by atoms with Crippen LogP contribution in [-0.2, 0) is 10.0 Å². The van der Waals surface area contributed by atoms with Gasteiger partial charge in [0.05, 0.1) is 4.90 Å². The lowest BCUT2D eigenvalue weighted by Crippen LogP contribution is -2.49. The molecular weight excluding hydrogens is 398 g/mol. The Morgan fingerprint density at radius 3 is 2.46 bits per heavy atom. The number of piperidine rings is 1. The number of sulfonamides is 1. The third-order valence-electron chi connectivity index (χ3n) is 5.79. The van der Waals surface area contributed by atoms with Gasteiger partial charge in [-0.15, -0.1) is 12.4 Å². The number of hydrogen-bond donors (Lipinski definition) is 1. The summed E-state index contributed by atoms with van der Waals surface area (Å²) in [5.41, 5.74) is 6.32. The standard InChI is InChI=1S/C20H31N3O3S.ClH/c1-16-9-12-23(18(13-16)15-21)20(24)17-7-6-8-19(14-17)27(25,26)22-10-4-2-3-5-11-22;/h6-8,14,16,18H,2-5,9-13,15,21H2,1H3;1H. The number of halogens is 1. The van der Waals surface area contributed by atoms with Gasteiger partial charge in [0.25, 0.3) is 5.91 Å². The third kappa shape index (κ3) is 5.06. The molecule has 2 aliphatic heterocycles. The van der Waals surface area contributed by atoms with Gasteiger partial charge in [-0.25, -0.2) is 8.42 Å². The molecule has 3 rings (SSSR count). The molecule has 0 saturated carbocycles. The van der Waals surface area contributed by atoms with Crippen molar-refractivity contribution in [3.63, 3.8) is 0 Å². The van der Waals surface area contributed by atoms with E-state index in [2.05, 4.69) is 6.92 Å². The van der Waals surface area contributed by atoms with Gasteiger partial charge in [-0.1, -0.05) is 25.8 Å². The van der Waals surface area contributed by atoms with E-state index in [-0.39, 0.29) is 29.3 Å². The number of carbonyl (C=O) groups excluding carboxylic acids is 1. The Balaban J connectivity index is 0.00000280. The zero-order valence-corrected chi connectivity index (χ0v) is 18.2. The van der Waals surface area contributed by atoms with E-state index >= 15 is 0 Å². The van der Waals surface area contributed by atoms with Crippen molar-refractivity contribution in [1.82, 2.24) is 9.21 Å². The van der Waals surface area contributed by atoms with Crippen LogP contribution in [0, 0.1) is 5.92 Å². The summed E-state index contributed by atoms with van der Waals surface area (Å²) in [6.07, 6.45) is 5.77. The average Bonchev–Trinajstić information content (AvgIpc) is 2.97. The van der Waals surface area contributed by atoms with Crippen molar-refractivity contribution >= 4 is 28.3 Å². The molecule has 2 heterocycles. The largest absolute Gasteiger partial charge is 0.334 e. The van der Waals surface area contributed by atoms with Crippen molar-refractivity contribution in [3.05, 3.63) is 29.8 Å². The second-order valence-electron chi connectivity index (χ2n) is 7.86. The van der Waals surface area contributed by atoms with Gasteiger partial charge >= 0.3 is 0 Å². The Morgan fingerprint density at radius 2 is 1.82 bits per heavy atom. The molecule has 1 aromatic rings. The molecule has 0 aliphatic carbocycles. The van der Waals surface area contributed by atoms with E-state index in [0.29, 0.717) is 37.7 Å². The number of benzene rings is 1. The van der Waals surface area contributed by atoms with Crippen LogP contribution in [0.2, 0.25) is 0 Å². The molecule has 158 valence electrons. The fourth-order valence-electron chi connectivity index (χ4n) is 4.13. The van der Waals surface area contributed by atoms with Gasteiger partial charge in [-0.05, 0) is 49.8 Å². The lowest BCUT2D eigenvalue weighted by Gasteiger charge is -2.38. The molecule has 0 spiro atoms. The predicted molar refractivity (Wildman–Crippen MR) is 113 cm³/mol. The Hall–Kier alpha value is -1.15. The minimum atomic E-state index is -3.56. The first-order valence-electron chi connectivity index (χ1n) is 10.0. The van der Waals surface area contributed by atoms with Gasteiger partial charge in [0.1, 0.15) is 0 Å². The monoisotopic (exact) mass is 429 g/mol. The maximum absolute atomic E-state index is 13.0. The summed E-state index contributed by atoms with van der Waals surface area (Å²) in [5.74, 6) is 0.433. The minimum Gasteiger partial charge on any atom is -0.334 e. The normalized spacial score (nSPS) is 24.3. The molecular formula is C20H32ClN3O3S. The maximum Gasteiger partial charge on any atom is 0.254 e. The van der Waals surface area contributed by atoms with Gasteiger partial charge in [0, 0.05) is 37.8 Å².